The van der Waals surface area contributed by atoms with E-state index in [4.69, 9.17) is 0 Å². The highest BCUT2D eigenvalue weighted by atomic mass is 32.1. The molecule has 0 radical (unpaired) electrons. The Hall–Kier alpha value is 0.0800. The lowest BCUT2D eigenvalue weighted by Crippen LogP contribution is -2.35. The molecular formula is C12H18O4S4-2. The molecular weight excluding hydrogens is 336 g/mol. The summed E-state index contributed by atoms with van der Waals surface area (Å²) in [6.07, 6.45) is -0.137. The van der Waals surface area contributed by atoms with Crippen molar-refractivity contribution in [2.24, 2.45) is 0 Å². The van der Waals surface area contributed by atoms with Crippen LogP contribution in [0.4, 0.5) is 0 Å². The summed E-state index contributed by atoms with van der Waals surface area (Å²) in [5.74, 6) is -3.07. The summed E-state index contributed by atoms with van der Waals surface area (Å²) in [7, 11) is 0. The highest BCUT2D eigenvalue weighted by molar-refractivity contribution is 7.85. The third kappa shape index (κ3) is 6.69. The SMILES string of the molecule is CC(S)C(S)C/C(C(=O)[O-])=C(\CC(S)C(C)S)C(=O)[O-]. The standard InChI is InChI=1S/C12H20O4S4/c1-5(17)9(19)3-7(11(13)14)8(12(15)16)4-10(20)6(2)18/h5-6,9-10,17-20H,3-4H2,1-2H3,(H,13,14)(H,15,16)/p-2/b8-7-. The summed E-state index contributed by atoms with van der Waals surface area (Å²) in [6, 6.07) is 0. The number of carboxylic acid groups (broad SMARTS) is 2. The molecule has 0 bridgehead atoms. The molecule has 0 heterocycles. The molecule has 0 aliphatic heterocycles. The van der Waals surface area contributed by atoms with Gasteiger partial charge in [0.2, 0.25) is 0 Å². The smallest absolute Gasteiger partial charge is 0.0678 e. The Morgan fingerprint density at radius 2 is 1.05 bits per heavy atom. The molecule has 0 aromatic heterocycles. The Morgan fingerprint density at radius 3 is 1.20 bits per heavy atom. The predicted molar refractivity (Wildman–Crippen MR) is 88.7 cm³/mol. The molecule has 0 aliphatic carbocycles. The zero-order valence-electron chi connectivity index (χ0n) is 11.1. The third-order valence-corrected chi connectivity index (χ3v) is 5.25. The Balaban J connectivity index is 5.45. The first-order chi connectivity index (χ1) is 9.07. The minimum Gasteiger partial charge on any atom is -0.545 e. The second kappa shape index (κ2) is 9.17. The lowest BCUT2D eigenvalue weighted by atomic mass is 9.97. The highest BCUT2D eigenvalue weighted by Crippen LogP contribution is 2.25. The molecule has 4 nitrogen and oxygen atoms in total. The zero-order chi connectivity index (χ0) is 16.0. The minimum absolute atomic E-state index is 0.0686. The van der Waals surface area contributed by atoms with E-state index >= 15 is 0 Å². The first-order valence-electron chi connectivity index (χ1n) is 5.94. The van der Waals surface area contributed by atoms with Gasteiger partial charge in [0.1, 0.15) is 0 Å². The van der Waals surface area contributed by atoms with Gasteiger partial charge in [0.15, 0.2) is 0 Å². The number of hydrogen-bond donors (Lipinski definition) is 4. The number of hydrogen-bond acceptors (Lipinski definition) is 8. The van der Waals surface area contributed by atoms with Crippen LogP contribution < -0.4 is 10.2 Å². The maximum Gasteiger partial charge on any atom is 0.0678 e. The van der Waals surface area contributed by atoms with E-state index in [0.717, 1.165) is 0 Å². The molecule has 0 N–H and O–H groups in total. The molecule has 0 spiro atoms. The van der Waals surface area contributed by atoms with Gasteiger partial charge >= 0.3 is 0 Å². The van der Waals surface area contributed by atoms with Crippen molar-refractivity contribution in [2.45, 2.75) is 47.7 Å². The van der Waals surface area contributed by atoms with Gasteiger partial charge in [0, 0.05) is 21.0 Å². The maximum absolute atomic E-state index is 11.2. The number of carbonyl (C=O) groups excluding carboxylic acids is 2. The highest BCUT2D eigenvalue weighted by Gasteiger charge is 2.20. The van der Waals surface area contributed by atoms with Gasteiger partial charge in [0.25, 0.3) is 0 Å². The molecule has 20 heavy (non-hydrogen) atoms. The summed E-state index contributed by atoms with van der Waals surface area (Å²) < 4.78 is 0. The van der Waals surface area contributed by atoms with Gasteiger partial charge in [-0.15, -0.1) is 0 Å². The van der Waals surface area contributed by atoms with Crippen LogP contribution in [0.1, 0.15) is 26.7 Å². The molecule has 0 amide bonds. The van der Waals surface area contributed by atoms with Crippen LogP contribution in [-0.2, 0) is 9.59 Å². The Morgan fingerprint density at radius 1 is 0.800 bits per heavy atom. The van der Waals surface area contributed by atoms with Crippen LogP contribution in [0.5, 0.6) is 0 Å². The fraction of sp³-hybridized carbons (Fsp3) is 0.667. The molecule has 0 aliphatic rings. The zero-order valence-corrected chi connectivity index (χ0v) is 14.7. The number of rotatable bonds is 8. The van der Waals surface area contributed by atoms with E-state index in [0.29, 0.717) is 0 Å². The van der Waals surface area contributed by atoms with E-state index in [2.05, 4.69) is 50.5 Å². The van der Waals surface area contributed by atoms with Gasteiger partial charge in [-0.1, -0.05) is 13.8 Å². The monoisotopic (exact) mass is 354 g/mol. The largest absolute Gasteiger partial charge is 0.545 e. The van der Waals surface area contributed by atoms with Gasteiger partial charge in [0.05, 0.1) is 11.9 Å². The molecule has 0 rings (SSSR count). The quantitative estimate of drug-likeness (QED) is 0.359. The van der Waals surface area contributed by atoms with Crippen molar-refractivity contribution in [3.8, 4) is 0 Å². The van der Waals surface area contributed by atoms with Crippen LogP contribution in [0.2, 0.25) is 0 Å². The van der Waals surface area contributed by atoms with Crippen LogP contribution in [0.3, 0.4) is 0 Å². The predicted octanol–water partition coefficient (Wildman–Crippen LogP) is -0.204. The van der Waals surface area contributed by atoms with E-state index in [1.165, 1.54) is 0 Å². The van der Waals surface area contributed by atoms with Crippen molar-refractivity contribution < 1.29 is 19.8 Å². The number of carbonyl (C=O) groups is 2. The van der Waals surface area contributed by atoms with Gasteiger partial charge in [-0.2, -0.15) is 50.5 Å². The van der Waals surface area contributed by atoms with Crippen LogP contribution >= 0.6 is 50.5 Å². The first kappa shape index (κ1) is 20.1. The molecule has 4 atom stereocenters. The maximum atomic E-state index is 11.2. The van der Waals surface area contributed by atoms with Crippen molar-refractivity contribution in [2.75, 3.05) is 0 Å². The second-order valence-electron chi connectivity index (χ2n) is 4.56. The molecule has 4 unspecified atom stereocenters. The van der Waals surface area contributed by atoms with Gasteiger partial charge < -0.3 is 19.8 Å². The molecule has 0 aromatic rings. The second-order valence-corrected chi connectivity index (χ2v) is 7.51. The average molecular weight is 355 g/mol. The Bertz CT molecular complexity index is 357. The molecule has 116 valence electrons. The first-order valence-corrected chi connectivity index (χ1v) is 8.01. The Labute approximate surface area is 141 Å². The van der Waals surface area contributed by atoms with Crippen LogP contribution in [0.25, 0.3) is 0 Å². The van der Waals surface area contributed by atoms with E-state index in [1.807, 2.05) is 0 Å². The van der Waals surface area contributed by atoms with E-state index < -0.39 is 22.4 Å². The van der Waals surface area contributed by atoms with Crippen molar-refractivity contribution in [3.63, 3.8) is 0 Å². The third-order valence-electron chi connectivity index (χ3n) is 2.80. The van der Waals surface area contributed by atoms with E-state index in [1.54, 1.807) is 13.8 Å². The summed E-state index contributed by atoms with van der Waals surface area (Å²) >= 11 is 16.7. The lowest BCUT2D eigenvalue weighted by Gasteiger charge is -2.24. The molecule has 0 saturated heterocycles. The lowest BCUT2D eigenvalue weighted by molar-refractivity contribution is -0.304. The number of carboxylic acids is 2. The number of thiol groups is 4. The van der Waals surface area contributed by atoms with Crippen molar-refractivity contribution in [1.29, 1.82) is 0 Å². The van der Waals surface area contributed by atoms with Crippen LogP contribution in [-0.4, -0.2) is 32.9 Å². The average Bonchev–Trinajstić information content (AvgIpc) is 2.31. The summed E-state index contributed by atoms with van der Waals surface area (Å²) in [6.45, 7) is 3.48. The molecule has 8 heteroatoms. The van der Waals surface area contributed by atoms with Crippen LogP contribution in [0, 0.1) is 0 Å². The fourth-order valence-electron chi connectivity index (χ4n) is 1.42. The van der Waals surface area contributed by atoms with Gasteiger partial charge in [-0.05, 0) is 24.0 Å². The van der Waals surface area contributed by atoms with Gasteiger partial charge in [-0.25, -0.2) is 0 Å². The van der Waals surface area contributed by atoms with Crippen LogP contribution in [0.15, 0.2) is 11.1 Å². The van der Waals surface area contributed by atoms with Gasteiger partial charge in [-0.3, -0.25) is 0 Å². The van der Waals surface area contributed by atoms with Crippen molar-refractivity contribution in [1.82, 2.24) is 0 Å². The topological polar surface area (TPSA) is 80.3 Å². The summed E-state index contributed by atoms with van der Waals surface area (Å²) in [4.78, 5) is 22.4. The molecule has 0 fully saturated rings. The van der Waals surface area contributed by atoms with Crippen molar-refractivity contribution >= 4 is 62.5 Å². The molecule has 0 saturated carbocycles. The fourth-order valence-corrected chi connectivity index (χ4v) is 1.99. The van der Waals surface area contributed by atoms with E-state index in [-0.39, 0.29) is 34.5 Å². The minimum atomic E-state index is -1.54. The Kier molecular flexibility index (Phi) is 9.21. The summed E-state index contributed by atoms with van der Waals surface area (Å²) in [5, 5.41) is 21.2. The van der Waals surface area contributed by atoms with Crippen molar-refractivity contribution in [3.05, 3.63) is 11.1 Å². The number of aliphatic carboxylic acids is 2. The summed E-state index contributed by atoms with van der Waals surface area (Å²) in [5.41, 5.74) is -0.641. The van der Waals surface area contributed by atoms with E-state index in [9.17, 15) is 19.8 Å². The normalized spacial score (nSPS) is 18.7. The molecule has 0 aromatic carbocycles.